The van der Waals surface area contributed by atoms with Gasteiger partial charge in [0.25, 0.3) is 0 Å². The minimum atomic E-state index is 1.24. The van der Waals surface area contributed by atoms with Crippen molar-refractivity contribution in [3.05, 3.63) is 11.1 Å². The van der Waals surface area contributed by atoms with E-state index in [1.807, 2.05) is 0 Å². The molecule has 0 spiro atoms. The van der Waals surface area contributed by atoms with E-state index in [1.54, 1.807) is 11.1 Å². The monoisotopic (exact) mass is 224 g/mol. The van der Waals surface area contributed by atoms with Crippen LogP contribution in [0.3, 0.4) is 0 Å². The zero-order valence-electron chi connectivity index (χ0n) is 12.1. The van der Waals surface area contributed by atoms with E-state index in [4.69, 9.17) is 0 Å². The Labute approximate surface area is 104 Å². The highest BCUT2D eigenvalue weighted by Crippen LogP contribution is 2.21. The van der Waals surface area contributed by atoms with Gasteiger partial charge in [-0.2, -0.15) is 0 Å². The molecule has 0 heteroatoms. The Balaban J connectivity index is 3.69. The molecular weight excluding hydrogens is 192 g/mol. The Hall–Kier alpha value is -0.260. The molecule has 16 heavy (non-hydrogen) atoms. The van der Waals surface area contributed by atoms with E-state index in [0.717, 1.165) is 0 Å². The first-order valence-corrected chi connectivity index (χ1v) is 7.43. The zero-order valence-corrected chi connectivity index (χ0v) is 12.1. The Kier molecular flexibility index (Phi) is 11.0. The van der Waals surface area contributed by atoms with Gasteiger partial charge < -0.3 is 0 Å². The van der Waals surface area contributed by atoms with E-state index < -0.39 is 0 Å². The minimum Gasteiger partial charge on any atom is -0.0744 e. The van der Waals surface area contributed by atoms with Gasteiger partial charge in [0.2, 0.25) is 0 Å². The van der Waals surface area contributed by atoms with Crippen molar-refractivity contribution < 1.29 is 0 Å². The lowest BCUT2D eigenvalue weighted by Crippen LogP contribution is -1.90. The van der Waals surface area contributed by atoms with Crippen LogP contribution in [-0.4, -0.2) is 0 Å². The molecule has 0 nitrogen and oxygen atoms in total. The average Bonchev–Trinajstić information content (AvgIpc) is 2.31. The summed E-state index contributed by atoms with van der Waals surface area (Å²) in [6.45, 7) is 9.19. The van der Waals surface area contributed by atoms with Gasteiger partial charge in [-0.3, -0.25) is 0 Å². The summed E-state index contributed by atoms with van der Waals surface area (Å²) < 4.78 is 0. The van der Waals surface area contributed by atoms with E-state index in [2.05, 4.69) is 27.7 Å². The van der Waals surface area contributed by atoms with Gasteiger partial charge in [0, 0.05) is 0 Å². The number of hydrogen-bond acceptors (Lipinski definition) is 0. The van der Waals surface area contributed by atoms with E-state index in [1.165, 1.54) is 64.2 Å². The molecular formula is C16H32. The summed E-state index contributed by atoms with van der Waals surface area (Å²) >= 11 is 0. The van der Waals surface area contributed by atoms with Crippen molar-refractivity contribution in [2.45, 2.75) is 91.9 Å². The lowest BCUT2D eigenvalue weighted by atomic mass is 9.96. The third-order valence-electron chi connectivity index (χ3n) is 3.52. The van der Waals surface area contributed by atoms with Crippen LogP contribution in [0.1, 0.15) is 91.9 Å². The third-order valence-corrected chi connectivity index (χ3v) is 3.52. The van der Waals surface area contributed by atoms with Crippen molar-refractivity contribution in [2.75, 3.05) is 0 Å². The smallest absolute Gasteiger partial charge is 0.0318 e. The average molecular weight is 224 g/mol. The minimum absolute atomic E-state index is 1.24. The fraction of sp³-hybridized carbons (Fsp3) is 0.875. The van der Waals surface area contributed by atoms with Crippen LogP contribution in [0.15, 0.2) is 11.1 Å². The molecule has 0 atom stereocenters. The molecule has 0 bridgehead atoms. The number of unbranched alkanes of at least 4 members (excludes halogenated alkanes) is 5. The highest BCUT2D eigenvalue weighted by Gasteiger charge is 2.00. The van der Waals surface area contributed by atoms with Crippen LogP contribution in [0.2, 0.25) is 0 Å². The molecule has 0 saturated carbocycles. The van der Waals surface area contributed by atoms with Crippen LogP contribution in [-0.2, 0) is 0 Å². The Morgan fingerprint density at radius 1 is 0.688 bits per heavy atom. The van der Waals surface area contributed by atoms with Gasteiger partial charge in [0.15, 0.2) is 0 Å². The molecule has 0 aliphatic rings. The Morgan fingerprint density at radius 3 is 1.88 bits per heavy atom. The predicted octanol–water partition coefficient (Wildman–Crippen LogP) is 6.26. The molecule has 0 aromatic rings. The zero-order chi connectivity index (χ0) is 12.2. The lowest BCUT2D eigenvalue weighted by Gasteiger charge is -2.10. The maximum atomic E-state index is 2.32. The van der Waals surface area contributed by atoms with Crippen molar-refractivity contribution in [1.82, 2.24) is 0 Å². The van der Waals surface area contributed by atoms with Gasteiger partial charge in [-0.15, -0.1) is 0 Å². The molecule has 96 valence electrons. The standard InChI is InChI=1S/C16H32/c1-5-8-9-10-11-12-14-16(13-6-2)15(4)7-3/h5-14H2,1-4H3. The predicted molar refractivity (Wildman–Crippen MR) is 75.9 cm³/mol. The van der Waals surface area contributed by atoms with Crippen LogP contribution < -0.4 is 0 Å². The molecule has 0 fully saturated rings. The molecule has 0 aliphatic carbocycles. The molecule has 0 heterocycles. The molecule has 0 aromatic heterocycles. The van der Waals surface area contributed by atoms with Crippen LogP contribution >= 0.6 is 0 Å². The van der Waals surface area contributed by atoms with E-state index >= 15 is 0 Å². The van der Waals surface area contributed by atoms with Crippen molar-refractivity contribution in [1.29, 1.82) is 0 Å². The Morgan fingerprint density at radius 2 is 1.31 bits per heavy atom. The second-order valence-corrected chi connectivity index (χ2v) is 5.01. The molecule has 0 saturated heterocycles. The fourth-order valence-electron chi connectivity index (χ4n) is 2.22. The van der Waals surface area contributed by atoms with Crippen molar-refractivity contribution in [3.8, 4) is 0 Å². The van der Waals surface area contributed by atoms with Crippen LogP contribution in [0, 0.1) is 0 Å². The number of rotatable bonds is 10. The molecule has 0 rings (SSSR count). The van der Waals surface area contributed by atoms with Crippen molar-refractivity contribution >= 4 is 0 Å². The molecule has 0 unspecified atom stereocenters. The second-order valence-electron chi connectivity index (χ2n) is 5.01. The summed E-state index contributed by atoms with van der Waals surface area (Å²) in [5, 5.41) is 0. The number of allylic oxidation sites excluding steroid dienone is 2. The number of hydrogen-bond donors (Lipinski definition) is 0. The highest BCUT2D eigenvalue weighted by molar-refractivity contribution is 5.11. The van der Waals surface area contributed by atoms with Gasteiger partial charge in [0.05, 0.1) is 0 Å². The maximum absolute atomic E-state index is 2.32. The van der Waals surface area contributed by atoms with Crippen molar-refractivity contribution in [2.24, 2.45) is 0 Å². The highest BCUT2D eigenvalue weighted by atomic mass is 14.1. The van der Waals surface area contributed by atoms with Crippen LogP contribution in [0.4, 0.5) is 0 Å². The summed E-state index contributed by atoms with van der Waals surface area (Å²) in [4.78, 5) is 0. The van der Waals surface area contributed by atoms with Gasteiger partial charge in [-0.1, -0.05) is 70.4 Å². The fourth-order valence-corrected chi connectivity index (χ4v) is 2.22. The summed E-state index contributed by atoms with van der Waals surface area (Å²) in [6.07, 6.45) is 13.7. The van der Waals surface area contributed by atoms with Crippen LogP contribution in [0.25, 0.3) is 0 Å². The summed E-state index contributed by atoms with van der Waals surface area (Å²) in [7, 11) is 0. The normalized spacial score (nSPS) is 12.8. The second kappa shape index (κ2) is 11.2. The largest absolute Gasteiger partial charge is 0.0744 e. The van der Waals surface area contributed by atoms with Gasteiger partial charge in [-0.05, 0) is 32.6 Å². The van der Waals surface area contributed by atoms with Gasteiger partial charge >= 0.3 is 0 Å². The topological polar surface area (TPSA) is 0 Å². The maximum Gasteiger partial charge on any atom is -0.0318 e. The van der Waals surface area contributed by atoms with E-state index in [0.29, 0.717) is 0 Å². The van der Waals surface area contributed by atoms with Gasteiger partial charge in [-0.25, -0.2) is 0 Å². The summed E-state index contributed by atoms with van der Waals surface area (Å²) in [5.74, 6) is 0. The van der Waals surface area contributed by atoms with E-state index in [9.17, 15) is 0 Å². The summed E-state index contributed by atoms with van der Waals surface area (Å²) in [6, 6.07) is 0. The molecule has 0 amide bonds. The Bertz CT molecular complexity index is 176. The lowest BCUT2D eigenvalue weighted by molar-refractivity contribution is 0.599. The first-order chi connectivity index (χ1) is 7.76. The van der Waals surface area contributed by atoms with E-state index in [-0.39, 0.29) is 0 Å². The first-order valence-electron chi connectivity index (χ1n) is 7.43. The van der Waals surface area contributed by atoms with Crippen LogP contribution in [0.5, 0.6) is 0 Å². The molecule has 0 aromatic carbocycles. The molecule has 0 radical (unpaired) electrons. The molecule has 0 aliphatic heterocycles. The first kappa shape index (κ1) is 15.7. The summed E-state index contributed by atoms with van der Waals surface area (Å²) in [5.41, 5.74) is 3.40. The SMILES string of the molecule is CCCCCCCCC(CCC)=C(C)CC. The molecule has 0 N–H and O–H groups in total. The van der Waals surface area contributed by atoms with Crippen molar-refractivity contribution in [3.63, 3.8) is 0 Å². The quantitative estimate of drug-likeness (QED) is 0.303. The third kappa shape index (κ3) is 7.96. The van der Waals surface area contributed by atoms with Gasteiger partial charge in [0.1, 0.15) is 0 Å².